The van der Waals surface area contributed by atoms with Gasteiger partial charge in [-0.25, -0.2) is 4.79 Å². The number of nitrogens with zero attached hydrogens (tertiary/aromatic N) is 1. The predicted molar refractivity (Wildman–Crippen MR) is 111 cm³/mol. The molecule has 154 valence electrons. The molecule has 2 heterocycles. The lowest BCUT2D eigenvalue weighted by atomic mass is 10.0. The summed E-state index contributed by atoms with van der Waals surface area (Å²) < 4.78 is 7.23. The molecule has 0 aliphatic rings. The highest BCUT2D eigenvalue weighted by Gasteiger charge is 2.20. The standard InChI is InChI=1S/C21H25N3O5/c1-11(10-29-4)22-9-15-8-14-7-13(5-6-16(14)24(15)3)18-12(2)19(25)17(21(27)28)20(26)23-18/h5-8,11,22H,9-10H2,1-4H3,(H,27,28)(H2,23,25,26). The van der Waals surface area contributed by atoms with Crippen molar-refractivity contribution in [2.24, 2.45) is 7.05 Å². The third-order valence-corrected chi connectivity index (χ3v) is 5.13. The van der Waals surface area contributed by atoms with E-state index in [2.05, 4.69) is 27.9 Å². The quantitative estimate of drug-likeness (QED) is 0.485. The highest BCUT2D eigenvalue weighted by molar-refractivity contribution is 5.92. The maximum Gasteiger partial charge on any atom is 0.345 e. The number of rotatable bonds is 7. The molecule has 0 amide bonds. The second kappa shape index (κ2) is 8.10. The number of carboxylic acid groups (broad SMARTS) is 1. The summed E-state index contributed by atoms with van der Waals surface area (Å²) in [6.45, 7) is 4.93. The fourth-order valence-corrected chi connectivity index (χ4v) is 3.49. The summed E-state index contributed by atoms with van der Waals surface area (Å²) in [6, 6.07) is 7.97. The van der Waals surface area contributed by atoms with Gasteiger partial charge in [0, 0.05) is 48.9 Å². The largest absolute Gasteiger partial charge is 0.506 e. The Bertz CT molecular complexity index is 1130. The van der Waals surface area contributed by atoms with Crippen LogP contribution in [0.3, 0.4) is 0 Å². The molecule has 1 unspecified atom stereocenters. The molecule has 0 fully saturated rings. The number of carboxylic acids is 1. The number of H-pyrrole nitrogens is 1. The van der Waals surface area contributed by atoms with Gasteiger partial charge in [-0.3, -0.25) is 4.79 Å². The molecule has 1 atom stereocenters. The molecule has 0 radical (unpaired) electrons. The van der Waals surface area contributed by atoms with E-state index in [9.17, 15) is 14.7 Å². The molecule has 29 heavy (non-hydrogen) atoms. The second-order valence-electron chi connectivity index (χ2n) is 7.19. The number of aromatic nitrogens is 2. The molecule has 4 N–H and O–H groups in total. The highest BCUT2D eigenvalue weighted by Crippen LogP contribution is 2.31. The first-order valence-electron chi connectivity index (χ1n) is 9.24. The lowest BCUT2D eigenvalue weighted by Gasteiger charge is -2.13. The number of aromatic amines is 1. The fraction of sp³-hybridized carbons (Fsp3) is 0.333. The number of aryl methyl sites for hydroxylation is 1. The molecular formula is C21H25N3O5. The maximum atomic E-state index is 12.1. The van der Waals surface area contributed by atoms with Crippen molar-refractivity contribution in [1.82, 2.24) is 14.9 Å². The van der Waals surface area contributed by atoms with Crippen LogP contribution in [0, 0.1) is 6.92 Å². The van der Waals surface area contributed by atoms with Gasteiger partial charge in [-0.15, -0.1) is 0 Å². The van der Waals surface area contributed by atoms with Crippen molar-refractivity contribution in [2.45, 2.75) is 26.4 Å². The van der Waals surface area contributed by atoms with Crippen molar-refractivity contribution < 1.29 is 19.7 Å². The van der Waals surface area contributed by atoms with Gasteiger partial charge in [0.2, 0.25) is 0 Å². The van der Waals surface area contributed by atoms with Gasteiger partial charge in [0.25, 0.3) is 5.56 Å². The molecule has 0 saturated carbocycles. The van der Waals surface area contributed by atoms with E-state index >= 15 is 0 Å². The molecule has 1 aromatic carbocycles. The molecule has 0 saturated heterocycles. The number of benzene rings is 1. The molecular weight excluding hydrogens is 374 g/mol. The minimum atomic E-state index is -1.46. The van der Waals surface area contributed by atoms with E-state index < -0.39 is 22.8 Å². The molecule has 0 spiro atoms. The minimum Gasteiger partial charge on any atom is -0.506 e. The smallest absolute Gasteiger partial charge is 0.345 e. The average molecular weight is 399 g/mol. The monoisotopic (exact) mass is 399 g/mol. The Kier molecular flexibility index (Phi) is 5.76. The molecule has 2 aromatic heterocycles. The zero-order chi connectivity index (χ0) is 21.3. The third-order valence-electron chi connectivity index (χ3n) is 5.13. The minimum absolute atomic E-state index is 0.219. The number of aromatic hydroxyl groups is 1. The fourth-order valence-electron chi connectivity index (χ4n) is 3.49. The number of aromatic carboxylic acids is 1. The number of ether oxygens (including phenoxy) is 1. The zero-order valence-electron chi connectivity index (χ0n) is 16.9. The summed E-state index contributed by atoms with van der Waals surface area (Å²) in [4.78, 5) is 25.9. The Morgan fingerprint density at radius 2 is 2.07 bits per heavy atom. The van der Waals surface area contributed by atoms with Crippen molar-refractivity contribution in [3.63, 3.8) is 0 Å². The molecule has 8 heteroatoms. The summed E-state index contributed by atoms with van der Waals surface area (Å²) in [6.07, 6.45) is 0. The van der Waals surface area contributed by atoms with Gasteiger partial charge in [-0.1, -0.05) is 6.07 Å². The molecule has 0 aliphatic carbocycles. The van der Waals surface area contributed by atoms with E-state index in [1.807, 2.05) is 25.2 Å². The van der Waals surface area contributed by atoms with E-state index in [1.54, 1.807) is 14.0 Å². The van der Waals surface area contributed by atoms with Gasteiger partial charge in [-0.2, -0.15) is 0 Å². The van der Waals surface area contributed by atoms with Crippen LogP contribution >= 0.6 is 0 Å². The number of hydrogen-bond donors (Lipinski definition) is 4. The van der Waals surface area contributed by atoms with Crippen molar-refractivity contribution in [3.05, 3.63) is 51.4 Å². The molecule has 0 bridgehead atoms. The van der Waals surface area contributed by atoms with Gasteiger partial charge in [0.05, 0.1) is 12.3 Å². The molecule has 8 nitrogen and oxygen atoms in total. The number of nitrogens with one attached hydrogen (secondary N) is 2. The summed E-state index contributed by atoms with van der Waals surface area (Å²) >= 11 is 0. The number of carbonyl (C=O) groups is 1. The summed E-state index contributed by atoms with van der Waals surface area (Å²) in [5.74, 6) is -1.97. The third kappa shape index (κ3) is 3.90. The molecule has 3 rings (SSSR count). The predicted octanol–water partition coefficient (Wildman–Crippen LogP) is 2.37. The van der Waals surface area contributed by atoms with Crippen molar-refractivity contribution in [1.29, 1.82) is 0 Å². The van der Waals surface area contributed by atoms with Gasteiger partial charge >= 0.3 is 5.97 Å². The second-order valence-corrected chi connectivity index (χ2v) is 7.19. The first-order valence-corrected chi connectivity index (χ1v) is 9.24. The van der Waals surface area contributed by atoms with E-state index in [4.69, 9.17) is 9.84 Å². The van der Waals surface area contributed by atoms with Crippen molar-refractivity contribution in [3.8, 4) is 17.0 Å². The lowest BCUT2D eigenvalue weighted by molar-refractivity contribution is 0.0691. The highest BCUT2D eigenvalue weighted by atomic mass is 16.5. The van der Waals surface area contributed by atoms with Crippen LogP contribution in [-0.2, 0) is 18.3 Å². The van der Waals surface area contributed by atoms with Gasteiger partial charge in [-0.05, 0) is 37.6 Å². The van der Waals surface area contributed by atoms with Crippen LogP contribution in [0.5, 0.6) is 5.75 Å². The van der Waals surface area contributed by atoms with Crippen molar-refractivity contribution >= 4 is 16.9 Å². The van der Waals surface area contributed by atoms with Gasteiger partial charge < -0.3 is 29.8 Å². The number of methoxy groups -OCH3 is 1. The van der Waals surface area contributed by atoms with Crippen LogP contribution in [0.1, 0.15) is 28.5 Å². The maximum absolute atomic E-state index is 12.1. The van der Waals surface area contributed by atoms with E-state index in [0.717, 1.165) is 16.6 Å². The number of fused-ring (bicyclic) bond motifs is 1. The van der Waals surface area contributed by atoms with Crippen molar-refractivity contribution in [2.75, 3.05) is 13.7 Å². The normalized spacial score (nSPS) is 12.4. The van der Waals surface area contributed by atoms with Crippen LogP contribution in [0.25, 0.3) is 22.2 Å². The summed E-state index contributed by atoms with van der Waals surface area (Å²) in [5.41, 5.74) is 2.04. The van der Waals surface area contributed by atoms with E-state index in [0.29, 0.717) is 30.0 Å². The topological polar surface area (TPSA) is 117 Å². The number of hydrogen-bond acceptors (Lipinski definition) is 5. The van der Waals surface area contributed by atoms with Crippen LogP contribution in [0.15, 0.2) is 29.1 Å². The zero-order valence-corrected chi connectivity index (χ0v) is 16.9. The lowest BCUT2D eigenvalue weighted by Crippen LogP contribution is -2.30. The van der Waals surface area contributed by atoms with Crippen LogP contribution in [-0.4, -0.2) is 45.5 Å². The van der Waals surface area contributed by atoms with E-state index in [-0.39, 0.29) is 6.04 Å². The first-order chi connectivity index (χ1) is 13.7. The number of pyridine rings is 1. The SMILES string of the molecule is COCC(C)NCc1cc2cc(-c3[nH]c(=O)c(C(=O)O)c(O)c3C)ccc2n1C. The Morgan fingerprint density at radius 1 is 1.34 bits per heavy atom. The van der Waals surface area contributed by atoms with Crippen LogP contribution < -0.4 is 10.9 Å². The van der Waals surface area contributed by atoms with Gasteiger partial charge in [0.15, 0.2) is 5.56 Å². The van der Waals surface area contributed by atoms with Gasteiger partial charge in [0.1, 0.15) is 5.75 Å². The Labute approximate surface area is 167 Å². The van der Waals surface area contributed by atoms with Crippen LogP contribution in [0.4, 0.5) is 0 Å². The Balaban J connectivity index is 2.01. The average Bonchev–Trinajstić information content (AvgIpc) is 2.98. The first kappa shape index (κ1) is 20.6. The Morgan fingerprint density at radius 3 is 2.72 bits per heavy atom. The molecule has 0 aliphatic heterocycles. The summed E-state index contributed by atoms with van der Waals surface area (Å²) in [5, 5.41) is 23.7. The Hall–Kier alpha value is -3.10. The summed E-state index contributed by atoms with van der Waals surface area (Å²) in [7, 11) is 3.66. The molecule has 3 aromatic rings. The van der Waals surface area contributed by atoms with Crippen LogP contribution in [0.2, 0.25) is 0 Å². The van der Waals surface area contributed by atoms with E-state index in [1.165, 1.54) is 0 Å².